The number of amides is 1. The molecule has 3 N–H and O–H groups in total. The van der Waals surface area contributed by atoms with Crippen molar-refractivity contribution in [3.8, 4) is 0 Å². The number of rotatable bonds is 4. The Labute approximate surface area is 88.6 Å². The molecule has 0 spiro atoms. The Morgan fingerprint density at radius 2 is 2.25 bits per heavy atom. The first-order valence-electron chi connectivity index (χ1n) is 4.12. The minimum absolute atomic E-state index is 0.130. The molecule has 0 aliphatic heterocycles. The predicted octanol–water partition coefficient (Wildman–Crippen LogP) is -0.559. The molecule has 0 saturated heterocycles. The summed E-state index contributed by atoms with van der Waals surface area (Å²) >= 11 is 0. The molecule has 1 heterocycles. The molecule has 1 aromatic rings. The summed E-state index contributed by atoms with van der Waals surface area (Å²) < 4.78 is 0. The molecule has 9 nitrogen and oxygen atoms in total. The van der Waals surface area contributed by atoms with Crippen LogP contribution in [-0.4, -0.2) is 38.6 Å². The van der Waals surface area contributed by atoms with Crippen LogP contribution in [0.15, 0.2) is 0 Å². The van der Waals surface area contributed by atoms with Crippen molar-refractivity contribution in [2.24, 2.45) is 0 Å². The Balaban J connectivity index is 2.91. The molecule has 0 aromatic carbocycles. The number of carboxylic acid groups (broad SMARTS) is 1. The van der Waals surface area contributed by atoms with Crippen LogP contribution >= 0.6 is 0 Å². The van der Waals surface area contributed by atoms with Gasteiger partial charge in [-0.15, -0.1) is 0 Å². The van der Waals surface area contributed by atoms with E-state index in [2.05, 4.69) is 10.2 Å². The zero-order chi connectivity index (χ0) is 12.3. The summed E-state index contributed by atoms with van der Waals surface area (Å²) in [4.78, 5) is 31.3. The molecule has 0 aliphatic carbocycles. The highest BCUT2D eigenvalue weighted by Gasteiger charge is 2.26. The van der Waals surface area contributed by atoms with Gasteiger partial charge in [0.05, 0.1) is 4.92 Å². The highest BCUT2D eigenvalue weighted by molar-refractivity contribution is 5.97. The Kier molecular flexibility index (Phi) is 3.18. The molecule has 86 valence electrons. The number of carbonyl (C=O) groups is 2. The Morgan fingerprint density at radius 3 is 2.75 bits per heavy atom. The smallest absolute Gasteiger partial charge is 0.322 e. The third kappa shape index (κ3) is 2.32. The highest BCUT2D eigenvalue weighted by Crippen LogP contribution is 2.19. The summed E-state index contributed by atoms with van der Waals surface area (Å²) in [5.41, 5.74) is -0.753. The number of aromatic nitrogens is 2. The fourth-order valence-electron chi connectivity index (χ4n) is 1.04. The van der Waals surface area contributed by atoms with Gasteiger partial charge in [0.15, 0.2) is 0 Å². The van der Waals surface area contributed by atoms with E-state index in [1.54, 1.807) is 0 Å². The molecule has 0 saturated carbocycles. The fourth-order valence-corrected chi connectivity index (χ4v) is 1.04. The maximum absolute atomic E-state index is 11.3. The van der Waals surface area contributed by atoms with Gasteiger partial charge < -0.3 is 10.4 Å². The number of nitrogens with zero attached hydrogens (tertiary/aromatic N) is 2. The van der Waals surface area contributed by atoms with E-state index in [0.717, 1.165) is 0 Å². The number of nitrogens with one attached hydrogen (secondary N) is 2. The first-order valence-corrected chi connectivity index (χ1v) is 4.12. The van der Waals surface area contributed by atoms with Gasteiger partial charge in [0, 0.05) is 0 Å². The molecule has 9 heteroatoms. The number of aliphatic carboxylic acids is 1. The van der Waals surface area contributed by atoms with Gasteiger partial charge in [0.2, 0.25) is 5.69 Å². The van der Waals surface area contributed by atoms with Crippen molar-refractivity contribution >= 4 is 17.6 Å². The highest BCUT2D eigenvalue weighted by atomic mass is 16.6. The van der Waals surface area contributed by atoms with Gasteiger partial charge in [-0.1, -0.05) is 0 Å². The molecule has 0 unspecified atom stereocenters. The molecule has 0 radical (unpaired) electrons. The second-order valence-corrected chi connectivity index (χ2v) is 2.88. The summed E-state index contributed by atoms with van der Waals surface area (Å²) in [7, 11) is 0. The lowest BCUT2D eigenvalue weighted by atomic mass is 10.3. The summed E-state index contributed by atoms with van der Waals surface area (Å²) in [5.74, 6) is -2.15. The summed E-state index contributed by atoms with van der Waals surface area (Å²) in [6.07, 6.45) is 0. The average molecular weight is 228 g/mol. The van der Waals surface area contributed by atoms with Crippen LogP contribution in [-0.2, 0) is 4.79 Å². The maximum Gasteiger partial charge on any atom is 0.322 e. The Hall–Kier alpha value is -2.45. The molecule has 1 aromatic heterocycles. The molecule has 0 fully saturated rings. The normalized spacial score (nSPS) is 9.81. The van der Waals surface area contributed by atoms with E-state index in [4.69, 9.17) is 5.11 Å². The van der Waals surface area contributed by atoms with E-state index in [1.165, 1.54) is 6.92 Å². The fraction of sp³-hybridized carbons (Fsp3) is 0.286. The predicted molar refractivity (Wildman–Crippen MR) is 49.9 cm³/mol. The van der Waals surface area contributed by atoms with E-state index < -0.39 is 34.7 Å². The van der Waals surface area contributed by atoms with E-state index in [1.807, 2.05) is 5.32 Å². The molecule has 1 amide bonds. The molecule has 0 bridgehead atoms. The quantitative estimate of drug-likeness (QED) is 0.466. The monoisotopic (exact) mass is 228 g/mol. The molecular formula is C7H8N4O5. The lowest BCUT2D eigenvalue weighted by Gasteiger charge is -1.98. The standard InChI is InChI=1S/C7H8N4O5/c1-3-6(11(15)16)5(10-9-3)7(14)8-2-4(12)13/h2H2,1H3,(H,8,14)(H,9,10)(H,12,13). The number of carbonyl (C=O) groups excluding carboxylic acids is 1. The van der Waals surface area contributed by atoms with Crippen LogP contribution in [0.25, 0.3) is 0 Å². The molecule has 0 aliphatic rings. The van der Waals surface area contributed by atoms with Crippen LogP contribution in [0, 0.1) is 17.0 Å². The second kappa shape index (κ2) is 4.38. The molecule has 1 rings (SSSR count). The number of carboxylic acids is 1. The van der Waals surface area contributed by atoms with Gasteiger partial charge in [-0.3, -0.25) is 24.8 Å². The van der Waals surface area contributed by atoms with Crippen LogP contribution < -0.4 is 5.32 Å². The lowest BCUT2D eigenvalue weighted by molar-refractivity contribution is -0.385. The van der Waals surface area contributed by atoms with E-state index in [9.17, 15) is 19.7 Å². The minimum atomic E-state index is -1.25. The van der Waals surface area contributed by atoms with Crippen molar-refractivity contribution in [1.29, 1.82) is 0 Å². The van der Waals surface area contributed by atoms with E-state index in [-0.39, 0.29) is 5.69 Å². The first-order chi connectivity index (χ1) is 7.43. The third-order valence-electron chi connectivity index (χ3n) is 1.71. The number of H-pyrrole nitrogens is 1. The Bertz CT molecular complexity index is 452. The maximum atomic E-state index is 11.3. The van der Waals surface area contributed by atoms with Crippen LogP contribution in [0.5, 0.6) is 0 Å². The number of hydrogen-bond acceptors (Lipinski definition) is 5. The van der Waals surface area contributed by atoms with Crippen molar-refractivity contribution in [3.05, 3.63) is 21.5 Å². The van der Waals surface area contributed by atoms with Gasteiger partial charge in [-0.05, 0) is 6.92 Å². The van der Waals surface area contributed by atoms with Crippen molar-refractivity contribution in [3.63, 3.8) is 0 Å². The number of aryl methyl sites for hydroxylation is 1. The number of hydrogen-bond donors (Lipinski definition) is 3. The summed E-state index contributed by atoms with van der Waals surface area (Å²) in [6, 6.07) is 0. The SMILES string of the molecule is Cc1[nH]nc(C(=O)NCC(=O)O)c1[N+](=O)[O-]. The zero-order valence-electron chi connectivity index (χ0n) is 8.18. The van der Waals surface area contributed by atoms with Crippen molar-refractivity contribution < 1.29 is 19.6 Å². The van der Waals surface area contributed by atoms with Gasteiger partial charge in [0.1, 0.15) is 12.2 Å². The molecule has 0 atom stereocenters. The first kappa shape index (κ1) is 11.6. The summed E-state index contributed by atoms with van der Waals surface area (Å²) in [6.45, 7) is 0.765. The third-order valence-corrected chi connectivity index (χ3v) is 1.71. The van der Waals surface area contributed by atoms with Crippen LogP contribution in [0.3, 0.4) is 0 Å². The molecular weight excluding hydrogens is 220 g/mol. The largest absolute Gasteiger partial charge is 0.480 e. The minimum Gasteiger partial charge on any atom is -0.480 e. The molecule has 16 heavy (non-hydrogen) atoms. The van der Waals surface area contributed by atoms with Gasteiger partial charge in [-0.2, -0.15) is 5.10 Å². The van der Waals surface area contributed by atoms with E-state index in [0.29, 0.717) is 0 Å². The van der Waals surface area contributed by atoms with Crippen LogP contribution in [0.1, 0.15) is 16.2 Å². The number of nitro groups is 1. The Morgan fingerprint density at radius 1 is 1.62 bits per heavy atom. The summed E-state index contributed by atoms with van der Waals surface area (Å²) in [5, 5.41) is 26.6. The van der Waals surface area contributed by atoms with Crippen molar-refractivity contribution in [1.82, 2.24) is 15.5 Å². The zero-order valence-corrected chi connectivity index (χ0v) is 8.18. The van der Waals surface area contributed by atoms with Gasteiger partial charge in [-0.25, -0.2) is 0 Å². The van der Waals surface area contributed by atoms with Crippen LogP contribution in [0.2, 0.25) is 0 Å². The van der Waals surface area contributed by atoms with Gasteiger partial charge in [0.25, 0.3) is 5.91 Å². The van der Waals surface area contributed by atoms with Gasteiger partial charge >= 0.3 is 11.7 Å². The topological polar surface area (TPSA) is 138 Å². The number of aromatic amines is 1. The lowest BCUT2D eigenvalue weighted by Crippen LogP contribution is -2.29. The van der Waals surface area contributed by atoms with E-state index >= 15 is 0 Å². The second-order valence-electron chi connectivity index (χ2n) is 2.88. The van der Waals surface area contributed by atoms with Crippen LogP contribution in [0.4, 0.5) is 5.69 Å². The average Bonchev–Trinajstić information content (AvgIpc) is 2.56. The van der Waals surface area contributed by atoms with Crippen molar-refractivity contribution in [2.45, 2.75) is 6.92 Å². The van der Waals surface area contributed by atoms with Crippen molar-refractivity contribution in [2.75, 3.05) is 6.54 Å².